The minimum absolute atomic E-state index is 0.0298. The van der Waals surface area contributed by atoms with Gasteiger partial charge in [0, 0.05) is 18.8 Å². The highest BCUT2D eigenvalue weighted by Crippen LogP contribution is 2.33. The summed E-state index contributed by atoms with van der Waals surface area (Å²) in [5, 5.41) is 2.30. The van der Waals surface area contributed by atoms with Crippen molar-refractivity contribution in [3.05, 3.63) is 29.6 Å². The Hall–Kier alpha value is -1.68. The summed E-state index contributed by atoms with van der Waals surface area (Å²) in [6, 6.07) is 2.17. The maximum atomic E-state index is 13.2. The van der Waals surface area contributed by atoms with Gasteiger partial charge in [-0.25, -0.2) is 17.1 Å². The fourth-order valence-electron chi connectivity index (χ4n) is 2.52. The molecule has 1 aliphatic heterocycles. The third-order valence-electron chi connectivity index (χ3n) is 3.76. The molecule has 1 atom stereocenters. The van der Waals surface area contributed by atoms with Gasteiger partial charge in [0.1, 0.15) is 5.82 Å². The van der Waals surface area contributed by atoms with Gasteiger partial charge in [-0.1, -0.05) is 0 Å². The first-order chi connectivity index (χ1) is 11.0. The molecule has 1 aromatic carbocycles. The molecular weight excluding hydrogens is 352 g/mol. The van der Waals surface area contributed by atoms with Crippen LogP contribution in [0.2, 0.25) is 0 Å². The van der Waals surface area contributed by atoms with E-state index in [4.69, 9.17) is 0 Å². The van der Waals surface area contributed by atoms with Gasteiger partial charge in [-0.15, -0.1) is 0 Å². The normalized spacial score (nSPS) is 20.0. The van der Waals surface area contributed by atoms with Crippen LogP contribution in [0.5, 0.6) is 0 Å². The molecule has 0 radical (unpaired) electrons. The number of hydrogen-bond donors (Lipinski definition) is 1. The van der Waals surface area contributed by atoms with Gasteiger partial charge < -0.3 is 5.32 Å². The lowest BCUT2D eigenvalue weighted by molar-refractivity contribution is -0.140. The number of nitrogens with one attached hydrogen (secondary N) is 1. The Balaban J connectivity index is 2.12. The topological polar surface area (TPSA) is 66.5 Å². The summed E-state index contributed by atoms with van der Waals surface area (Å²) in [6.45, 7) is 0.273. The van der Waals surface area contributed by atoms with E-state index >= 15 is 0 Å². The second-order valence-corrected chi connectivity index (χ2v) is 7.62. The predicted octanol–water partition coefficient (Wildman–Crippen LogP) is 2.45. The number of rotatable bonds is 3. The largest absolute Gasteiger partial charge is 0.419 e. The van der Waals surface area contributed by atoms with Gasteiger partial charge in [-0.3, -0.25) is 4.79 Å². The molecule has 24 heavy (non-hydrogen) atoms. The van der Waals surface area contributed by atoms with Gasteiger partial charge in [-0.2, -0.15) is 13.2 Å². The van der Waals surface area contributed by atoms with Crippen molar-refractivity contribution in [1.29, 1.82) is 0 Å². The number of hydrogen-bond acceptors (Lipinski definition) is 3. The molecule has 1 aromatic rings. The lowest BCUT2D eigenvalue weighted by Gasteiger charge is -2.30. The van der Waals surface area contributed by atoms with Crippen molar-refractivity contribution < 1.29 is 30.8 Å². The van der Waals surface area contributed by atoms with Crippen LogP contribution >= 0.6 is 0 Å². The Kier molecular flexibility index (Phi) is 5.19. The van der Waals surface area contributed by atoms with Crippen molar-refractivity contribution in [3.8, 4) is 0 Å². The molecule has 1 N–H and O–H groups in total. The Morgan fingerprint density at radius 1 is 1.33 bits per heavy atom. The molecule has 10 heteroatoms. The molecule has 0 aliphatic carbocycles. The van der Waals surface area contributed by atoms with Crippen molar-refractivity contribution in [3.63, 3.8) is 0 Å². The fourth-order valence-corrected chi connectivity index (χ4v) is 3.43. The van der Waals surface area contributed by atoms with E-state index in [-0.39, 0.29) is 12.2 Å². The van der Waals surface area contributed by atoms with Crippen LogP contribution in [0, 0.1) is 11.7 Å². The first-order valence-electron chi connectivity index (χ1n) is 7.11. The first-order valence-corrected chi connectivity index (χ1v) is 8.96. The number of nitrogens with zero attached hydrogens (tertiary/aromatic N) is 1. The van der Waals surface area contributed by atoms with E-state index in [0.717, 1.165) is 16.6 Å². The van der Waals surface area contributed by atoms with E-state index in [1.165, 1.54) is 0 Å². The Bertz CT molecular complexity index is 734. The number of benzene rings is 1. The zero-order chi connectivity index (χ0) is 18.1. The van der Waals surface area contributed by atoms with Crippen LogP contribution in [0.4, 0.5) is 23.2 Å². The van der Waals surface area contributed by atoms with Gasteiger partial charge in [0.15, 0.2) is 0 Å². The number of carbonyl (C=O) groups is 1. The number of amides is 1. The minimum atomic E-state index is -4.87. The van der Waals surface area contributed by atoms with Crippen LogP contribution in [0.3, 0.4) is 0 Å². The molecule has 2 rings (SSSR count). The number of piperidine rings is 1. The lowest BCUT2D eigenvalue weighted by Crippen LogP contribution is -2.43. The number of carbonyl (C=O) groups excluding carboxylic acids is 1. The van der Waals surface area contributed by atoms with Gasteiger partial charge in [0.25, 0.3) is 0 Å². The van der Waals surface area contributed by atoms with Crippen LogP contribution in [0.25, 0.3) is 0 Å². The summed E-state index contributed by atoms with van der Waals surface area (Å²) in [7, 11) is -3.44. The Labute approximate surface area is 136 Å². The summed E-state index contributed by atoms with van der Waals surface area (Å²) in [4.78, 5) is 12.2. The standard InChI is InChI=1S/C14H16F4N2O3S/c1-24(22,23)20-6-2-3-9(8-20)13(21)19-10-4-5-12(15)11(7-10)14(16,17)18/h4-5,7,9H,2-3,6,8H2,1H3,(H,19,21)/t9-/m1/s1. The van der Waals surface area contributed by atoms with E-state index in [1.807, 2.05) is 0 Å². The van der Waals surface area contributed by atoms with E-state index in [0.29, 0.717) is 31.5 Å². The summed E-state index contributed by atoms with van der Waals surface area (Å²) in [5.41, 5.74) is -1.66. The van der Waals surface area contributed by atoms with Crippen molar-refractivity contribution in [2.75, 3.05) is 24.7 Å². The van der Waals surface area contributed by atoms with Crippen LogP contribution < -0.4 is 5.32 Å². The van der Waals surface area contributed by atoms with Gasteiger partial charge >= 0.3 is 6.18 Å². The van der Waals surface area contributed by atoms with Crippen LogP contribution in [-0.2, 0) is 21.0 Å². The number of halogens is 4. The number of anilines is 1. The monoisotopic (exact) mass is 368 g/mol. The predicted molar refractivity (Wildman–Crippen MR) is 79.2 cm³/mol. The molecule has 1 fully saturated rings. The molecule has 0 unspecified atom stereocenters. The van der Waals surface area contributed by atoms with E-state index in [2.05, 4.69) is 5.32 Å². The van der Waals surface area contributed by atoms with E-state index in [9.17, 15) is 30.8 Å². The highest BCUT2D eigenvalue weighted by molar-refractivity contribution is 7.88. The van der Waals surface area contributed by atoms with Crippen LogP contribution in [-0.4, -0.2) is 38.0 Å². The Morgan fingerprint density at radius 3 is 2.58 bits per heavy atom. The van der Waals surface area contributed by atoms with Gasteiger partial charge in [-0.05, 0) is 31.0 Å². The minimum Gasteiger partial charge on any atom is -0.326 e. The summed E-state index contributed by atoms with van der Waals surface area (Å²) in [5.74, 6) is -2.70. The number of sulfonamides is 1. The summed E-state index contributed by atoms with van der Waals surface area (Å²) < 4.78 is 75.5. The first kappa shape index (κ1) is 18.7. The Morgan fingerprint density at radius 2 is 2.00 bits per heavy atom. The SMILES string of the molecule is CS(=O)(=O)N1CCC[C@@H](C(=O)Nc2ccc(F)c(C(F)(F)F)c2)C1. The molecule has 0 saturated carbocycles. The van der Waals surface area contributed by atoms with Crippen LogP contribution in [0.15, 0.2) is 18.2 Å². The molecular formula is C14H16F4N2O3S. The average Bonchev–Trinajstić information content (AvgIpc) is 2.47. The lowest BCUT2D eigenvalue weighted by atomic mass is 9.98. The molecule has 1 heterocycles. The maximum Gasteiger partial charge on any atom is 0.419 e. The maximum absolute atomic E-state index is 13.2. The second kappa shape index (κ2) is 6.67. The number of alkyl halides is 3. The fraction of sp³-hybridized carbons (Fsp3) is 0.500. The molecule has 0 bridgehead atoms. The molecule has 0 aromatic heterocycles. The highest BCUT2D eigenvalue weighted by Gasteiger charge is 2.35. The molecule has 5 nitrogen and oxygen atoms in total. The summed E-state index contributed by atoms with van der Waals surface area (Å²) >= 11 is 0. The molecule has 134 valence electrons. The van der Waals surface area contributed by atoms with E-state index in [1.54, 1.807) is 0 Å². The van der Waals surface area contributed by atoms with Crippen LogP contribution in [0.1, 0.15) is 18.4 Å². The smallest absolute Gasteiger partial charge is 0.326 e. The zero-order valence-electron chi connectivity index (χ0n) is 12.7. The molecule has 1 amide bonds. The van der Waals surface area contributed by atoms with Crippen molar-refractivity contribution in [2.45, 2.75) is 19.0 Å². The van der Waals surface area contributed by atoms with Crippen molar-refractivity contribution in [2.24, 2.45) is 5.92 Å². The average molecular weight is 368 g/mol. The third kappa shape index (κ3) is 4.44. The molecule has 1 saturated heterocycles. The quantitative estimate of drug-likeness (QED) is 0.834. The highest BCUT2D eigenvalue weighted by atomic mass is 32.2. The molecule has 1 aliphatic rings. The van der Waals surface area contributed by atoms with E-state index < -0.39 is 39.4 Å². The second-order valence-electron chi connectivity index (χ2n) is 5.64. The zero-order valence-corrected chi connectivity index (χ0v) is 13.5. The van der Waals surface area contributed by atoms with Gasteiger partial charge in [0.05, 0.1) is 17.7 Å². The van der Waals surface area contributed by atoms with Crippen molar-refractivity contribution >= 4 is 21.6 Å². The van der Waals surface area contributed by atoms with Crippen molar-refractivity contribution in [1.82, 2.24) is 4.31 Å². The summed E-state index contributed by atoms with van der Waals surface area (Å²) in [6.07, 6.45) is -2.95. The molecule has 0 spiro atoms. The van der Waals surface area contributed by atoms with Gasteiger partial charge in [0.2, 0.25) is 15.9 Å². The third-order valence-corrected chi connectivity index (χ3v) is 5.03.